The fourth-order valence-electron chi connectivity index (χ4n) is 4.96. The zero-order valence-corrected chi connectivity index (χ0v) is 18.7. The van der Waals surface area contributed by atoms with Gasteiger partial charge in [-0.1, -0.05) is 48.5 Å². The molecule has 0 aliphatic rings. The number of rotatable bonds is 4. The summed E-state index contributed by atoms with van der Waals surface area (Å²) in [6.07, 6.45) is 4.15. The minimum Gasteiger partial charge on any atom is -0.350 e. The second kappa shape index (κ2) is 7.47. The standard InChI is InChI=1S/C28H23N3P/c1-31-19-18-23-26(31)15-9-17-27(23)32(21-10-4-2-5-11-21,22-12-6-3-7-13-22)28-16-8-14-25-24(28)20-29-30-25/h2-20H,1H3,(H,29,30)/q+1. The Hall–Kier alpha value is -3.68. The average Bonchev–Trinajstić information content (AvgIpc) is 3.49. The van der Waals surface area contributed by atoms with Gasteiger partial charge in [0.15, 0.2) is 0 Å². The van der Waals surface area contributed by atoms with E-state index in [-0.39, 0.29) is 0 Å². The number of aromatic amines is 1. The molecule has 0 amide bonds. The second-order valence-corrected chi connectivity index (χ2v) is 11.4. The first-order valence-corrected chi connectivity index (χ1v) is 12.6. The van der Waals surface area contributed by atoms with Crippen molar-refractivity contribution in [2.24, 2.45) is 7.05 Å². The fraction of sp³-hybridized carbons (Fsp3) is 0.0357. The molecule has 0 spiro atoms. The average molecular weight is 432 g/mol. The van der Waals surface area contributed by atoms with E-state index in [1.54, 1.807) is 0 Å². The van der Waals surface area contributed by atoms with E-state index in [1.807, 2.05) is 6.20 Å². The van der Waals surface area contributed by atoms with E-state index < -0.39 is 7.26 Å². The van der Waals surface area contributed by atoms with Crippen molar-refractivity contribution in [3.8, 4) is 0 Å². The highest BCUT2D eigenvalue weighted by atomic mass is 31.2. The molecule has 0 fully saturated rings. The van der Waals surface area contributed by atoms with Crippen LogP contribution in [0.3, 0.4) is 0 Å². The van der Waals surface area contributed by atoms with E-state index in [0.29, 0.717) is 0 Å². The van der Waals surface area contributed by atoms with Gasteiger partial charge in [-0.05, 0) is 54.6 Å². The lowest BCUT2D eigenvalue weighted by Gasteiger charge is -2.28. The van der Waals surface area contributed by atoms with Crippen LogP contribution in [-0.4, -0.2) is 14.8 Å². The van der Waals surface area contributed by atoms with Crippen molar-refractivity contribution in [1.82, 2.24) is 14.8 Å². The third kappa shape index (κ3) is 2.68. The van der Waals surface area contributed by atoms with Crippen molar-refractivity contribution in [3.05, 3.63) is 116 Å². The van der Waals surface area contributed by atoms with Crippen LogP contribution in [0.2, 0.25) is 0 Å². The molecule has 0 bridgehead atoms. The first-order valence-electron chi connectivity index (χ1n) is 10.8. The lowest BCUT2D eigenvalue weighted by atomic mass is 10.2. The van der Waals surface area contributed by atoms with E-state index in [9.17, 15) is 0 Å². The molecule has 3 nitrogen and oxygen atoms in total. The Balaban J connectivity index is 1.86. The van der Waals surface area contributed by atoms with Crippen molar-refractivity contribution >= 4 is 50.3 Å². The van der Waals surface area contributed by atoms with Crippen LogP contribution in [0.25, 0.3) is 21.8 Å². The highest BCUT2D eigenvalue weighted by molar-refractivity contribution is 8.02. The van der Waals surface area contributed by atoms with Crippen molar-refractivity contribution in [2.45, 2.75) is 0 Å². The Bertz CT molecular complexity index is 1490. The summed E-state index contributed by atoms with van der Waals surface area (Å²) < 4.78 is 2.21. The molecular formula is C28H23N3P+. The van der Waals surface area contributed by atoms with Gasteiger partial charge < -0.3 is 4.57 Å². The van der Waals surface area contributed by atoms with Gasteiger partial charge in [0.1, 0.15) is 28.5 Å². The molecule has 0 unspecified atom stereocenters. The number of H-pyrrole nitrogens is 1. The lowest BCUT2D eigenvalue weighted by Crippen LogP contribution is -2.39. The smallest absolute Gasteiger partial charge is 0.145 e. The zero-order valence-electron chi connectivity index (χ0n) is 17.8. The maximum Gasteiger partial charge on any atom is 0.145 e. The second-order valence-electron chi connectivity index (χ2n) is 8.09. The molecule has 1 N–H and O–H groups in total. The number of nitrogens with one attached hydrogen (secondary N) is 1. The molecule has 6 aromatic rings. The van der Waals surface area contributed by atoms with Crippen LogP contribution in [0.1, 0.15) is 0 Å². The van der Waals surface area contributed by atoms with Crippen LogP contribution in [-0.2, 0) is 7.05 Å². The first-order chi connectivity index (χ1) is 15.8. The van der Waals surface area contributed by atoms with Crippen LogP contribution in [0.15, 0.2) is 116 Å². The number of hydrogen-bond donors (Lipinski definition) is 1. The predicted octanol–water partition coefficient (Wildman–Crippen LogP) is 4.67. The number of hydrogen-bond acceptors (Lipinski definition) is 1. The molecule has 0 radical (unpaired) electrons. The summed E-state index contributed by atoms with van der Waals surface area (Å²) in [6.45, 7) is 0. The molecule has 0 aliphatic carbocycles. The van der Waals surface area contributed by atoms with Crippen LogP contribution in [0.4, 0.5) is 0 Å². The molecule has 0 aliphatic heterocycles. The maximum atomic E-state index is 4.41. The summed E-state index contributed by atoms with van der Waals surface area (Å²) >= 11 is 0. The maximum absolute atomic E-state index is 4.41. The summed E-state index contributed by atoms with van der Waals surface area (Å²) in [4.78, 5) is 0. The van der Waals surface area contributed by atoms with Crippen LogP contribution >= 0.6 is 7.26 Å². The number of fused-ring (bicyclic) bond motifs is 2. The molecule has 2 heterocycles. The van der Waals surface area contributed by atoms with E-state index in [0.717, 1.165) is 5.52 Å². The summed E-state index contributed by atoms with van der Waals surface area (Å²) in [7, 11) is -0.104. The van der Waals surface area contributed by atoms with Gasteiger partial charge in [-0.15, -0.1) is 0 Å². The largest absolute Gasteiger partial charge is 0.350 e. The molecule has 2 aromatic heterocycles. The van der Waals surface area contributed by atoms with Gasteiger partial charge in [-0.25, -0.2) is 0 Å². The quantitative estimate of drug-likeness (QED) is 0.404. The number of nitrogens with zero attached hydrogens (tertiary/aromatic N) is 2. The molecule has 32 heavy (non-hydrogen) atoms. The summed E-state index contributed by atoms with van der Waals surface area (Å²) in [5.74, 6) is 0. The third-order valence-electron chi connectivity index (χ3n) is 6.38. The molecule has 0 saturated heterocycles. The van der Waals surface area contributed by atoms with Crippen molar-refractivity contribution < 1.29 is 0 Å². The molecular weight excluding hydrogens is 409 g/mol. The molecule has 4 aromatic carbocycles. The number of aryl methyl sites for hydroxylation is 1. The summed E-state index contributed by atoms with van der Waals surface area (Å²) in [6, 6.07) is 37.6. The number of benzene rings is 4. The van der Waals surface area contributed by atoms with E-state index in [1.165, 1.54) is 37.5 Å². The monoisotopic (exact) mass is 432 g/mol. The van der Waals surface area contributed by atoms with Gasteiger partial charge in [0.2, 0.25) is 0 Å². The summed E-state index contributed by atoms with van der Waals surface area (Å²) in [5, 5.41) is 15.5. The Morgan fingerprint density at radius 3 is 1.97 bits per heavy atom. The Morgan fingerprint density at radius 1 is 0.656 bits per heavy atom. The Labute approximate surface area is 187 Å². The third-order valence-corrected chi connectivity index (χ3v) is 10.7. The minimum atomic E-state index is -2.22. The van der Waals surface area contributed by atoms with Crippen LogP contribution < -0.4 is 21.2 Å². The van der Waals surface area contributed by atoms with Crippen molar-refractivity contribution in [2.75, 3.05) is 0 Å². The first kappa shape index (κ1) is 19.0. The van der Waals surface area contributed by atoms with Gasteiger partial charge >= 0.3 is 0 Å². The number of aromatic nitrogens is 3. The van der Waals surface area contributed by atoms with Crippen molar-refractivity contribution in [1.29, 1.82) is 0 Å². The summed E-state index contributed by atoms with van der Waals surface area (Å²) in [5.41, 5.74) is 2.32. The Kier molecular flexibility index (Phi) is 4.45. The lowest BCUT2D eigenvalue weighted by molar-refractivity contribution is 0.969. The van der Waals surface area contributed by atoms with Gasteiger partial charge in [0, 0.05) is 18.6 Å². The minimum absolute atomic E-state index is 1.07. The normalized spacial score (nSPS) is 11.9. The molecule has 154 valence electrons. The Morgan fingerprint density at radius 2 is 1.28 bits per heavy atom. The van der Waals surface area contributed by atoms with Gasteiger partial charge in [0.25, 0.3) is 0 Å². The topological polar surface area (TPSA) is 33.6 Å². The van der Waals surface area contributed by atoms with Gasteiger partial charge in [0.05, 0.1) is 22.6 Å². The van der Waals surface area contributed by atoms with Gasteiger partial charge in [-0.3, -0.25) is 5.10 Å². The van der Waals surface area contributed by atoms with Gasteiger partial charge in [-0.2, -0.15) is 5.10 Å². The van der Waals surface area contributed by atoms with Crippen LogP contribution in [0.5, 0.6) is 0 Å². The zero-order chi connectivity index (χ0) is 21.5. The van der Waals surface area contributed by atoms with Crippen LogP contribution in [0, 0.1) is 0 Å². The van der Waals surface area contributed by atoms with E-state index >= 15 is 0 Å². The predicted molar refractivity (Wildman–Crippen MR) is 137 cm³/mol. The van der Waals surface area contributed by atoms with E-state index in [4.69, 9.17) is 0 Å². The molecule has 0 atom stereocenters. The van der Waals surface area contributed by atoms with Crippen molar-refractivity contribution in [3.63, 3.8) is 0 Å². The van der Waals surface area contributed by atoms with E-state index in [2.05, 4.69) is 131 Å². The molecule has 6 rings (SSSR count). The molecule has 4 heteroatoms. The SMILES string of the molecule is Cn1ccc2c([P+](c3ccccc3)(c3ccccc3)c3cccc4[nH]ncc34)cccc21. The molecule has 0 saturated carbocycles. The highest BCUT2D eigenvalue weighted by Crippen LogP contribution is 2.56. The fourth-order valence-corrected chi connectivity index (χ4v) is 9.58. The highest BCUT2D eigenvalue weighted by Gasteiger charge is 2.50.